The fourth-order valence-corrected chi connectivity index (χ4v) is 20.7. The molecule has 0 spiro atoms. The van der Waals surface area contributed by atoms with E-state index in [4.69, 9.17) is 36.2 Å². The molecule has 0 aliphatic carbocycles. The van der Waals surface area contributed by atoms with Gasteiger partial charge in [0.25, 0.3) is 0 Å². The molecule has 0 atom stereocenters. The molecular formula is C113H162KLi2NaO16P4. The molecule has 12 rings (SSSR count). The molecule has 137 heavy (non-hydrogen) atoms. The first-order chi connectivity index (χ1) is 59.6. The van der Waals surface area contributed by atoms with Gasteiger partial charge in [0.05, 0.1) is 0 Å². The van der Waals surface area contributed by atoms with E-state index in [0.29, 0.717) is 77.1 Å². The molecule has 4 aliphatic heterocycles. The molecule has 4 aliphatic rings. The third-order valence-corrected chi connectivity index (χ3v) is 28.9. The van der Waals surface area contributed by atoms with Crippen LogP contribution >= 0.6 is 31.3 Å². The average Bonchev–Trinajstić information content (AvgIpc) is 0.729. The van der Waals surface area contributed by atoms with Gasteiger partial charge in [-0.05, 0) is 178 Å². The number of fused-ring (bicyclic) bond motifs is 8. The summed E-state index contributed by atoms with van der Waals surface area (Å²) in [6.45, 7) is 95.6. The van der Waals surface area contributed by atoms with Gasteiger partial charge in [0.15, 0.2) is 0 Å². The van der Waals surface area contributed by atoms with Gasteiger partial charge >= 0.3 is 150 Å². The second kappa shape index (κ2) is 43.3. The summed E-state index contributed by atoms with van der Waals surface area (Å²) in [5.41, 5.74) is 21.0. The van der Waals surface area contributed by atoms with Gasteiger partial charge in [-0.25, -0.2) is 18.3 Å². The molecule has 8 aromatic rings. The van der Waals surface area contributed by atoms with Gasteiger partial charge in [-0.1, -0.05) is 409 Å². The summed E-state index contributed by atoms with van der Waals surface area (Å²) < 4.78 is 98.6. The summed E-state index contributed by atoms with van der Waals surface area (Å²) in [6, 6.07) is 33.6. The maximum absolute atomic E-state index is 13.4. The largest absolute Gasteiger partial charge is 1.00 e. The van der Waals surface area contributed by atoms with Crippen molar-refractivity contribution in [1.29, 1.82) is 0 Å². The Labute approximate surface area is 916 Å². The molecule has 734 valence electrons. The van der Waals surface area contributed by atoms with Crippen molar-refractivity contribution in [2.75, 3.05) is 0 Å². The molecule has 0 N–H and O–H groups in total. The SMILES string of the molecule is CC(C)(C)c1cc2c(c(C(C)(C)C)c1)OP(=O)([O-])Oc1c(cc(C(C)(C)C)cc1C(C)(C)C)C2.CC(C)(C)c1cc2c(c(C(C)(C)C)c1)OP(=O)([O-])Oc1c(cc(C(C)(C)C)cc1C(C)(C)C)C2.CC(C)c1cc2c(c(C(C)C)c1)OP(=O)([O-])Oc1c(cc(C(C)C)cc1C(C)C)C2.CC1c2cc(C(C)(C)C)cc(C(C)(C)C)c2OP(=O)([O-])Oc2c1cc(C(C)(C)C)cc2C(C)(C)C.[K+].[Li+].[Li+].[Na+]. The van der Waals surface area contributed by atoms with Crippen LogP contribution in [0, 0.1) is 0 Å². The molecule has 4 heterocycles. The fraction of sp³-hybridized carbons (Fsp3) is 0.575. The van der Waals surface area contributed by atoms with Crippen LogP contribution in [0.1, 0.15) is 475 Å². The number of benzene rings is 8. The van der Waals surface area contributed by atoms with E-state index >= 15 is 0 Å². The van der Waals surface area contributed by atoms with Crippen LogP contribution in [0.5, 0.6) is 46.0 Å². The second-order valence-electron chi connectivity index (χ2n) is 51.5. The van der Waals surface area contributed by atoms with Crippen LogP contribution in [0.4, 0.5) is 0 Å². The zero-order valence-corrected chi connectivity index (χ0v) is 102. The second-order valence-corrected chi connectivity index (χ2v) is 56.6. The van der Waals surface area contributed by atoms with E-state index in [-0.39, 0.29) is 201 Å². The quantitative estimate of drug-likeness (QED) is 0.118. The van der Waals surface area contributed by atoms with Crippen LogP contribution < -0.4 is 174 Å². The summed E-state index contributed by atoms with van der Waals surface area (Å²) in [5.74, 6) is 4.08. The Kier molecular flexibility index (Phi) is 39.2. The van der Waals surface area contributed by atoms with E-state index in [0.717, 1.165) is 122 Å². The molecule has 0 saturated carbocycles. The molecule has 0 unspecified atom stereocenters. The Hall–Kier alpha value is -3.25. The molecular weight excluding hydrogens is 1810 g/mol. The zero-order chi connectivity index (χ0) is 101. The minimum Gasteiger partial charge on any atom is -0.736 e. The molecule has 0 amide bonds. The maximum Gasteiger partial charge on any atom is 1.00 e. The maximum atomic E-state index is 13.4. The van der Waals surface area contributed by atoms with E-state index in [1.165, 1.54) is 11.1 Å². The summed E-state index contributed by atoms with van der Waals surface area (Å²) in [5, 5.41) is 0. The molecule has 0 aromatic heterocycles. The van der Waals surface area contributed by atoms with Crippen LogP contribution in [-0.2, 0) is 103 Å². The standard InChI is InChI=1S/C30H45O4P.2C29H43O4P.C25H35O4P.K.2Li.Na/c1-18-21-14-19(27(2,3)4)16-23(29(8,9)10)25(21)33-35(31,32)34-26-22(18)15-20(28(5,6)7)17-24(26)30(11,12)13;2*1-26(2,3)20-14-18-13-19-15-21(27(4,5)6)17-23(29(10,11)12)25(19)33-34(30,31)32-24(18)22(16-20)28(7,8)9;1-14(2)18-9-20-11-21-10-19(15(3)4)13-23(17(7)8)25(21)29-30(26,27)28-24(20)22(12-18)16(5)6;;;;/h14-18H,1-13H3,(H,31,32);2*14-17H,13H2,1-12H3,(H,30,31);9-10,12-17H,11H2,1-8H3,(H,26,27);;;;/q;;;;4*+1/p-4. The van der Waals surface area contributed by atoms with Gasteiger partial charge in [-0.2, -0.15) is 0 Å². The van der Waals surface area contributed by atoms with Crippen LogP contribution in [0.15, 0.2) is 97.1 Å². The smallest absolute Gasteiger partial charge is 0.736 e. The summed E-state index contributed by atoms with van der Waals surface area (Å²) >= 11 is 0. The number of rotatable bonds is 4. The van der Waals surface area contributed by atoms with Crippen molar-refractivity contribution >= 4 is 31.3 Å². The van der Waals surface area contributed by atoms with Gasteiger partial charge in [0.1, 0.15) is 46.0 Å². The zero-order valence-electron chi connectivity index (χ0n) is 93.6. The van der Waals surface area contributed by atoms with Gasteiger partial charge in [-0.3, -0.25) is 0 Å². The van der Waals surface area contributed by atoms with Gasteiger partial charge < -0.3 is 55.8 Å². The van der Waals surface area contributed by atoms with Crippen molar-refractivity contribution in [2.45, 2.75) is 425 Å². The van der Waals surface area contributed by atoms with Crippen LogP contribution in [-0.4, -0.2) is 0 Å². The van der Waals surface area contributed by atoms with Crippen LogP contribution in [0.25, 0.3) is 0 Å². The number of hydrogen-bond donors (Lipinski definition) is 0. The number of phosphoric ester groups is 4. The summed E-state index contributed by atoms with van der Waals surface area (Å²) in [7, 11) is -18.6. The van der Waals surface area contributed by atoms with Crippen molar-refractivity contribution in [3.63, 3.8) is 0 Å². The Morgan fingerprint density at radius 1 is 0.241 bits per heavy atom. The third-order valence-electron chi connectivity index (χ3n) is 25.7. The van der Waals surface area contributed by atoms with Crippen molar-refractivity contribution in [3.8, 4) is 46.0 Å². The Morgan fingerprint density at radius 2 is 0.401 bits per heavy atom. The number of hydrogen-bond acceptors (Lipinski definition) is 16. The minimum absolute atomic E-state index is 0. The Balaban J connectivity index is 0.000000320. The molecule has 0 radical (unpaired) electrons. The van der Waals surface area contributed by atoms with E-state index in [1.54, 1.807) is 0 Å². The van der Waals surface area contributed by atoms with Gasteiger partial charge in [0.2, 0.25) is 0 Å². The molecule has 16 nitrogen and oxygen atoms in total. The van der Waals surface area contributed by atoms with Crippen LogP contribution in [0.2, 0.25) is 0 Å². The third kappa shape index (κ3) is 30.5. The molecule has 0 saturated heterocycles. The summed E-state index contributed by atoms with van der Waals surface area (Å²) in [6.07, 6.45) is 1.64. The van der Waals surface area contributed by atoms with E-state index in [2.05, 4.69) is 409 Å². The van der Waals surface area contributed by atoms with Crippen molar-refractivity contribution in [3.05, 3.63) is 231 Å². The molecule has 8 aromatic carbocycles. The van der Waals surface area contributed by atoms with Crippen molar-refractivity contribution in [1.82, 2.24) is 0 Å². The summed E-state index contributed by atoms with van der Waals surface area (Å²) in [4.78, 5) is 52.8. The average molecular weight is 1980 g/mol. The first-order valence-electron chi connectivity index (χ1n) is 47.8. The molecule has 0 fully saturated rings. The Morgan fingerprint density at radius 3 is 0.569 bits per heavy atom. The first kappa shape index (κ1) is 124. The predicted molar refractivity (Wildman–Crippen MR) is 544 cm³/mol. The normalized spacial score (nSPS) is 17.0. The number of phosphoric acid groups is 4. The molecule has 0 bridgehead atoms. The first-order valence-corrected chi connectivity index (χ1v) is 53.7. The van der Waals surface area contributed by atoms with E-state index in [1.807, 2.05) is 0 Å². The molecule has 24 heteroatoms. The van der Waals surface area contributed by atoms with E-state index < -0.39 is 31.3 Å². The van der Waals surface area contributed by atoms with Crippen molar-refractivity contribution in [2.24, 2.45) is 0 Å². The van der Waals surface area contributed by atoms with Crippen LogP contribution in [0.3, 0.4) is 0 Å². The van der Waals surface area contributed by atoms with Gasteiger partial charge in [0, 0.05) is 69.7 Å². The fourth-order valence-electron chi connectivity index (χ4n) is 17.0. The monoisotopic (exact) mass is 1980 g/mol. The topological polar surface area (TPSA) is 234 Å². The van der Waals surface area contributed by atoms with Gasteiger partial charge in [-0.15, -0.1) is 0 Å². The van der Waals surface area contributed by atoms with Crippen molar-refractivity contribution < 1.29 is 193 Å². The van der Waals surface area contributed by atoms with E-state index in [9.17, 15) is 37.8 Å². The predicted octanol–water partition coefficient (Wildman–Crippen LogP) is 18.7. The Bertz CT molecular complexity index is 5410. The minimum atomic E-state index is -4.70.